The number of β-amino-alcohol motifs (C(OH)–C–C–N with tert-alkyl or cyclic N) is 1. The van der Waals surface area contributed by atoms with Crippen LogP contribution in [0.4, 0.5) is 18.9 Å². The average Bonchev–Trinajstić information content (AvgIpc) is 2.79. The maximum atomic E-state index is 13.0. The molecular formula is C23H27F3N2O4. The van der Waals surface area contributed by atoms with E-state index in [9.17, 15) is 23.1 Å². The Balaban J connectivity index is 1.62. The SMILES string of the molecule is CCOc1ccc(C(O)CN2CCN(c3cccc(C(F)(F)F)c3)CC2)cc1C(=O)OC. The number of methoxy groups -OCH3 is 1. The van der Waals surface area contributed by atoms with Crippen LogP contribution >= 0.6 is 0 Å². The summed E-state index contributed by atoms with van der Waals surface area (Å²) in [6, 6.07) is 10.2. The minimum atomic E-state index is -4.37. The fourth-order valence-corrected chi connectivity index (χ4v) is 3.72. The maximum Gasteiger partial charge on any atom is 0.416 e. The number of esters is 1. The van der Waals surface area contributed by atoms with Crippen molar-refractivity contribution in [3.05, 3.63) is 59.2 Å². The Bertz CT molecular complexity index is 928. The van der Waals surface area contributed by atoms with E-state index in [4.69, 9.17) is 9.47 Å². The molecule has 6 nitrogen and oxygen atoms in total. The van der Waals surface area contributed by atoms with Gasteiger partial charge in [0.05, 0.1) is 25.4 Å². The Kier molecular flexibility index (Phi) is 7.63. The Labute approximate surface area is 185 Å². The lowest BCUT2D eigenvalue weighted by molar-refractivity contribution is -0.137. The minimum absolute atomic E-state index is 0.250. The van der Waals surface area contributed by atoms with Gasteiger partial charge in [0.2, 0.25) is 0 Å². The molecule has 2 aromatic carbocycles. The second-order valence-corrected chi connectivity index (χ2v) is 7.53. The maximum absolute atomic E-state index is 13.0. The molecule has 1 atom stereocenters. The molecule has 32 heavy (non-hydrogen) atoms. The minimum Gasteiger partial charge on any atom is -0.493 e. The van der Waals surface area contributed by atoms with Gasteiger partial charge in [0.25, 0.3) is 0 Å². The number of nitrogens with zero attached hydrogens (tertiary/aromatic N) is 2. The third kappa shape index (κ3) is 5.72. The number of hydrogen-bond acceptors (Lipinski definition) is 6. The molecule has 0 bridgehead atoms. The summed E-state index contributed by atoms with van der Waals surface area (Å²) in [5.74, 6) is -0.151. The molecule has 0 aromatic heterocycles. The fraction of sp³-hybridized carbons (Fsp3) is 0.435. The molecule has 3 rings (SSSR count). The number of ether oxygens (including phenoxy) is 2. The van der Waals surface area contributed by atoms with Crippen molar-refractivity contribution in [3.8, 4) is 5.75 Å². The van der Waals surface area contributed by atoms with E-state index in [0.717, 1.165) is 6.07 Å². The number of hydrogen-bond donors (Lipinski definition) is 1. The Morgan fingerprint density at radius 2 is 1.84 bits per heavy atom. The number of alkyl halides is 3. The second-order valence-electron chi connectivity index (χ2n) is 7.53. The van der Waals surface area contributed by atoms with Crippen LogP contribution in [0.2, 0.25) is 0 Å². The van der Waals surface area contributed by atoms with Crippen LogP contribution in [0.3, 0.4) is 0 Å². The molecule has 0 saturated carbocycles. The number of aliphatic hydroxyl groups is 1. The van der Waals surface area contributed by atoms with Gasteiger partial charge in [-0.3, -0.25) is 4.90 Å². The van der Waals surface area contributed by atoms with Crippen molar-refractivity contribution in [1.29, 1.82) is 0 Å². The van der Waals surface area contributed by atoms with Gasteiger partial charge in [-0.05, 0) is 42.8 Å². The predicted octanol–water partition coefficient (Wildman–Crippen LogP) is 3.75. The summed E-state index contributed by atoms with van der Waals surface area (Å²) in [5, 5.41) is 10.7. The molecule has 1 unspecified atom stereocenters. The van der Waals surface area contributed by atoms with Gasteiger partial charge in [0.1, 0.15) is 11.3 Å². The highest BCUT2D eigenvalue weighted by Gasteiger charge is 2.31. The zero-order valence-corrected chi connectivity index (χ0v) is 18.1. The quantitative estimate of drug-likeness (QED) is 0.646. The van der Waals surface area contributed by atoms with E-state index in [2.05, 4.69) is 0 Å². The molecule has 2 aromatic rings. The normalized spacial score (nSPS) is 16.0. The zero-order valence-electron chi connectivity index (χ0n) is 18.1. The topological polar surface area (TPSA) is 62.2 Å². The van der Waals surface area contributed by atoms with Gasteiger partial charge in [-0.1, -0.05) is 12.1 Å². The van der Waals surface area contributed by atoms with Crippen LogP contribution in [0, 0.1) is 0 Å². The van der Waals surface area contributed by atoms with E-state index in [-0.39, 0.29) is 5.56 Å². The Morgan fingerprint density at radius 1 is 1.12 bits per heavy atom. The van der Waals surface area contributed by atoms with Crippen molar-refractivity contribution in [2.75, 3.05) is 51.3 Å². The van der Waals surface area contributed by atoms with Crippen LogP contribution in [-0.2, 0) is 10.9 Å². The van der Waals surface area contributed by atoms with Crippen molar-refractivity contribution in [2.45, 2.75) is 19.2 Å². The molecule has 1 aliphatic rings. The first-order valence-corrected chi connectivity index (χ1v) is 10.4. The highest BCUT2D eigenvalue weighted by atomic mass is 19.4. The van der Waals surface area contributed by atoms with Gasteiger partial charge >= 0.3 is 12.1 Å². The summed E-state index contributed by atoms with van der Waals surface area (Å²) >= 11 is 0. The first-order chi connectivity index (χ1) is 15.2. The Hall–Kier alpha value is -2.78. The predicted molar refractivity (Wildman–Crippen MR) is 114 cm³/mol. The monoisotopic (exact) mass is 452 g/mol. The van der Waals surface area contributed by atoms with Crippen molar-refractivity contribution >= 4 is 11.7 Å². The number of rotatable bonds is 7. The Morgan fingerprint density at radius 3 is 2.47 bits per heavy atom. The number of carbonyl (C=O) groups excluding carboxylic acids is 1. The molecule has 1 saturated heterocycles. The fourth-order valence-electron chi connectivity index (χ4n) is 3.72. The van der Waals surface area contributed by atoms with Crippen LogP contribution in [0.15, 0.2) is 42.5 Å². The molecule has 1 aliphatic heterocycles. The summed E-state index contributed by atoms with van der Waals surface area (Å²) in [7, 11) is 1.28. The number of benzene rings is 2. The summed E-state index contributed by atoms with van der Waals surface area (Å²) in [5.41, 5.74) is 0.688. The van der Waals surface area contributed by atoms with Gasteiger partial charge in [0, 0.05) is 38.4 Å². The molecule has 1 fully saturated rings. The lowest BCUT2D eigenvalue weighted by Crippen LogP contribution is -2.47. The van der Waals surface area contributed by atoms with Gasteiger partial charge < -0.3 is 19.5 Å². The largest absolute Gasteiger partial charge is 0.493 e. The van der Waals surface area contributed by atoms with E-state index < -0.39 is 23.8 Å². The summed E-state index contributed by atoms with van der Waals surface area (Å²) in [4.78, 5) is 16.0. The molecule has 0 aliphatic carbocycles. The van der Waals surface area contributed by atoms with E-state index in [1.807, 2.05) is 16.7 Å². The van der Waals surface area contributed by atoms with Crippen LogP contribution < -0.4 is 9.64 Å². The summed E-state index contributed by atoms with van der Waals surface area (Å²) in [6.07, 6.45) is -5.21. The van der Waals surface area contributed by atoms with Crippen LogP contribution in [0.5, 0.6) is 5.75 Å². The van der Waals surface area contributed by atoms with Crippen molar-refractivity contribution < 1.29 is 32.5 Å². The first-order valence-electron chi connectivity index (χ1n) is 10.4. The molecule has 0 spiro atoms. The molecule has 174 valence electrons. The van der Waals surface area contributed by atoms with Crippen molar-refractivity contribution in [3.63, 3.8) is 0 Å². The number of aliphatic hydroxyl groups excluding tert-OH is 1. The van der Waals surface area contributed by atoms with E-state index >= 15 is 0 Å². The van der Waals surface area contributed by atoms with Crippen LogP contribution in [0.25, 0.3) is 0 Å². The molecule has 0 amide bonds. The smallest absolute Gasteiger partial charge is 0.416 e. The summed E-state index contributed by atoms with van der Waals surface area (Å²) in [6.45, 7) is 4.81. The van der Waals surface area contributed by atoms with Gasteiger partial charge in [-0.2, -0.15) is 13.2 Å². The zero-order chi connectivity index (χ0) is 23.3. The lowest BCUT2D eigenvalue weighted by Gasteiger charge is -2.37. The first kappa shape index (κ1) is 23.9. The number of piperazine rings is 1. The molecule has 9 heteroatoms. The number of carbonyl (C=O) groups is 1. The van der Waals surface area contributed by atoms with Gasteiger partial charge in [-0.15, -0.1) is 0 Å². The highest BCUT2D eigenvalue weighted by molar-refractivity contribution is 5.92. The number of anilines is 1. The third-order valence-corrected chi connectivity index (χ3v) is 5.44. The molecular weight excluding hydrogens is 425 g/mol. The van der Waals surface area contributed by atoms with E-state index in [0.29, 0.717) is 56.3 Å². The van der Waals surface area contributed by atoms with Gasteiger partial charge in [0.15, 0.2) is 0 Å². The lowest BCUT2D eigenvalue weighted by atomic mass is 10.0. The summed E-state index contributed by atoms with van der Waals surface area (Å²) < 4.78 is 49.2. The van der Waals surface area contributed by atoms with Gasteiger partial charge in [-0.25, -0.2) is 4.79 Å². The third-order valence-electron chi connectivity index (χ3n) is 5.44. The molecule has 1 heterocycles. The standard InChI is InChI=1S/C23H27F3N2O4/c1-3-32-21-8-7-16(13-19(21)22(30)31-2)20(29)15-27-9-11-28(12-10-27)18-6-4-5-17(14-18)23(24,25)26/h4-8,13-14,20,29H,3,9-12,15H2,1-2H3. The number of halogens is 3. The van der Waals surface area contributed by atoms with Crippen molar-refractivity contribution in [2.24, 2.45) is 0 Å². The van der Waals surface area contributed by atoms with E-state index in [1.54, 1.807) is 24.3 Å². The van der Waals surface area contributed by atoms with Crippen LogP contribution in [-0.4, -0.2) is 62.4 Å². The van der Waals surface area contributed by atoms with Crippen LogP contribution in [0.1, 0.15) is 34.5 Å². The van der Waals surface area contributed by atoms with Crippen molar-refractivity contribution in [1.82, 2.24) is 4.90 Å². The molecule has 0 radical (unpaired) electrons. The molecule has 1 N–H and O–H groups in total. The second kappa shape index (κ2) is 10.2. The highest BCUT2D eigenvalue weighted by Crippen LogP contribution is 2.32. The average molecular weight is 452 g/mol. The van der Waals surface area contributed by atoms with E-state index in [1.165, 1.54) is 19.2 Å².